The summed E-state index contributed by atoms with van der Waals surface area (Å²) in [5.74, 6) is 0.0460. The Hall–Kier alpha value is 0.310. The Morgan fingerprint density at radius 2 is 2.31 bits per heavy atom. The van der Waals surface area contributed by atoms with Gasteiger partial charge in [-0.1, -0.05) is 15.9 Å². The molecule has 0 aromatic carbocycles. The van der Waals surface area contributed by atoms with Gasteiger partial charge in [-0.3, -0.25) is 0 Å². The van der Waals surface area contributed by atoms with Crippen LogP contribution >= 0.6 is 15.9 Å². The first-order chi connectivity index (χ1) is 7.61. The number of ether oxygens (including phenoxy) is 2. The van der Waals surface area contributed by atoms with Crippen LogP contribution in [0.5, 0.6) is 0 Å². The van der Waals surface area contributed by atoms with Crippen LogP contribution in [-0.2, 0) is 19.5 Å². The summed E-state index contributed by atoms with van der Waals surface area (Å²) in [5, 5.41) is 0.598. The van der Waals surface area contributed by atoms with Gasteiger partial charge in [0.1, 0.15) is 0 Å². The highest BCUT2D eigenvalue weighted by Crippen LogP contribution is 2.14. The summed E-state index contributed by atoms with van der Waals surface area (Å²) in [6, 6.07) is -0.0969. The summed E-state index contributed by atoms with van der Waals surface area (Å²) < 4.78 is 35.9. The summed E-state index contributed by atoms with van der Waals surface area (Å²) in [5.41, 5.74) is 0. The van der Waals surface area contributed by atoms with E-state index < -0.39 is 10.0 Å². The number of nitrogens with zero attached hydrogens (tertiary/aromatic N) is 1. The van der Waals surface area contributed by atoms with Crippen molar-refractivity contribution in [3.05, 3.63) is 0 Å². The quantitative estimate of drug-likeness (QED) is 0.527. The number of rotatable bonds is 6. The first-order valence-corrected chi connectivity index (χ1v) is 8.06. The zero-order valence-corrected chi connectivity index (χ0v) is 11.8. The zero-order valence-electron chi connectivity index (χ0n) is 9.39. The van der Waals surface area contributed by atoms with Gasteiger partial charge in [0.05, 0.1) is 31.6 Å². The Kier molecular flexibility index (Phi) is 6.20. The second-order valence-electron chi connectivity index (χ2n) is 3.51. The fourth-order valence-electron chi connectivity index (χ4n) is 1.55. The molecule has 0 N–H and O–H groups in total. The molecule has 0 aromatic rings. The maximum absolute atomic E-state index is 12.0. The van der Waals surface area contributed by atoms with Crippen molar-refractivity contribution in [2.45, 2.75) is 13.0 Å². The predicted octanol–water partition coefficient (Wildman–Crippen LogP) is 0.448. The van der Waals surface area contributed by atoms with E-state index in [2.05, 4.69) is 15.9 Å². The Morgan fingerprint density at radius 1 is 1.56 bits per heavy atom. The van der Waals surface area contributed by atoms with Crippen molar-refractivity contribution in [2.75, 3.05) is 44.1 Å². The van der Waals surface area contributed by atoms with E-state index in [1.54, 1.807) is 0 Å². The van der Waals surface area contributed by atoms with Crippen LogP contribution < -0.4 is 0 Å². The summed E-state index contributed by atoms with van der Waals surface area (Å²) >= 11 is 3.31. The molecule has 0 aliphatic carbocycles. The maximum atomic E-state index is 12.0. The lowest BCUT2D eigenvalue weighted by Gasteiger charge is -2.33. The van der Waals surface area contributed by atoms with Crippen molar-refractivity contribution < 1.29 is 17.9 Å². The van der Waals surface area contributed by atoms with Crippen molar-refractivity contribution in [3.63, 3.8) is 0 Å². The molecular formula is C9H18BrNO4S. The average Bonchev–Trinajstić information content (AvgIpc) is 2.29. The third kappa shape index (κ3) is 3.96. The summed E-state index contributed by atoms with van der Waals surface area (Å²) in [6.07, 6.45) is 0. The minimum absolute atomic E-state index is 0.0460. The normalized spacial score (nSPS) is 23.5. The summed E-state index contributed by atoms with van der Waals surface area (Å²) in [7, 11) is -3.22. The van der Waals surface area contributed by atoms with Gasteiger partial charge in [0.2, 0.25) is 10.0 Å². The van der Waals surface area contributed by atoms with E-state index in [9.17, 15) is 8.42 Å². The van der Waals surface area contributed by atoms with Crippen molar-refractivity contribution in [1.82, 2.24) is 4.31 Å². The lowest BCUT2D eigenvalue weighted by molar-refractivity contribution is 0.0409. The molecule has 96 valence electrons. The van der Waals surface area contributed by atoms with Crippen LogP contribution in [0.15, 0.2) is 0 Å². The minimum Gasteiger partial charge on any atom is -0.381 e. The van der Waals surface area contributed by atoms with Crippen LogP contribution in [0.2, 0.25) is 0 Å². The zero-order chi connectivity index (χ0) is 12.0. The van der Waals surface area contributed by atoms with E-state index in [-0.39, 0.29) is 18.4 Å². The predicted molar refractivity (Wildman–Crippen MR) is 65.4 cm³/mol. The molecule has 1 atom stereocenters. The van der Waals surface area contributed by atoms with E-state index in [4.69, 9.17) is 9.47 Å². The molecule has 7 heteroatoms. The molecule has 1 aliphatic rings. The molecule has 0 saturated carbocycles. The maximum Gasteiger partial charge on any atom is 0.216 e. The monoisotopic (exact) mass is 315 g/mol. The second kappa shape index (κ2) is 6.90. The third-order valence-corrected chi connectivity index (χ3v) is 5.02. The molecule has 1 rings (SSSR count). The molecule has 1 heterocycles. The van der Waals surface area contributed by atoms with Crippen molar-refractivity contribution in [3.8, 4) is 0 Å². The number of halogens is 1. The van der Waals surface area contributed by atoms with Gasteiger partial charge in [-0.05, 0) is 6.92 Å². The Balaban J connectivity index is 2.57. The van der Waals surface area contributed by atoms with E-state index in [1.807, 2.05) is 6.92 Å². The highest BCUT2D eigenvalue weighted by Gasteiger charge is 2.31. The Bertz CT molecular complexity index is 296. The standard InChI is InChI=1S/C9H18BrNO4S/c1-2-14-5-6-16(12,13)11-3-4-15-8-9(11)7-10/h9H,2-8H2,1H3. The average molecular weight is 316 g/mol. The lowest BCUT2D eigenvalue weighted by atomic mass is 10.3. The Labute approximate surface area is 105 Å². The van der Waals surface area contributed by atoms with Crippen LogP contribution in [0.25, 0.3) is 0 Å². The van der Waals surface area contributed by atoms with E-state index >= 15 is 0 Å². The lowest BCUT2D eigenvalue weighted by Crippen LogP contribution is -2.50. The Morgan fingerprint density at radius 3 is 2.94 bits per heavy atom. The minimum atomic E-state index is -3.22. The molecule has 1 unspecified atom stereocenters. The van der Waals surface area contributed by atoms with Gasteiger partial charge in [0.25, 0.3) is 0 Å². The second-order valence-corrected chi connectivity index (χ2v) is 6.20. The fourth-order valence-corrected chi connectivity index (χ4v) is 3.79. The number of alkyl halides is 1. The molecule has 0 bridgehead atoms. The van der Waals surface area contributed by atoms with Gasteiger partial charge < -0.3 is 9.47 Å². The molecule has 1 saturated heterocycles. The molecule has 0 spiro atoms. The SMILES string of the molecule is CCOCCS(=O)(=O)N1CCOCC1CBr. The summed E-state index contributed by atoms with van der Waals surface area (Å²) in [6.45, 7) is 4.01. The number of morpholine rings is 1. The molecule has 1 aliphatic heterocycles. The highest BCUT2D eigenvalue weighted by molar-refractivity contribution is 9.09. The van der Waals surface area contributed by atoms with E-state index in [0.717, 1.165) is 0 Å². The van der Waals surface area contributed by atoms with Gasteiger partial charge in [0.15, 0.2) is 0 Å². The fraction of sp³-hybridized carbons (Fsp3) is 1.00. The van der Waals surface area contributed by atoms with Crippen LogP contribution in [0.1, 0.15) is 6.92 Å². The van der Waals surface area contributed by atoms with Gasteiger partial charge in [-0.2, -0.15) is 4.31 Å². The van der Waals surface area contributed by atoms with Gasteiger partial charge in [0, 0.05) is 18.5 Å². The van der Waals surface area contributed by atoms with Crippen LogP contribution in [0.4, 0.5) is 0 Å². The first kappa shape index (κ1) is 14.4. The van der Waals surface area contributed by atoms with Crippen molar-refractivity contribution in [2.24, 2.45) is 0 Å². The van der Waals surface area contributed by atoms with Gasteiger partial charge in [-0.15, -0.1) is 0 Å². The highest BCUT2D eigenvalue weighted by atomic mass is 79.9. The van der Waals surface area contributed by atoms with Crippen molar-refractivity contribution in [1.29, 1.82) is 0 Å². The van der Waals surface area contributed by atoms with Crippen LogP contribution in [0.3, 0.4) is 0 Å². The van der Waals surface area contributed by atoms with Gasteiger partial charge >= 0.3 is 0 Å². The third-order valence-electron chi connectivity index (χ3n) is 2.40. The van der Waals surface area contributed by atoms with Crippen LogP contribution in [-0.4, -0.2) is 62.8 Å². The molecule has 16 heavy (non-hydrogen) atoms. The first-order valence-electron chi connectivity index (χ1n) is 5.32. The topological polar surface area (TPSA) is 55.8 Å². The molecule has 1 fully saturated rings. The number of sulfonamides is 1. The van der Waals surface area contributed by atoms with E-state index in [1.165, 1.54) is 4.31 Å². The largest absolute Gasteiger partial charge is 0.381 e. The molecule has 0 amide bonds. The smallest absolute Gasteiger partial charge is 0.216 e. The van der Waals surface area contributed by atoms with Crippen LogP contribution in [0, 0.1) is 0 Å². The van der Waals surface area contributed by atoms with E-state index in [0.29, 0.717) is 31.7 Å². The molecule has 0 aromatic heterocycles. The van der Waals surface area contributed by atoms with Crippen molar-refractivity contribution >= 4 is 26.0 Å². The van der Waals surface area contributed by atoms with Gasteiger partial charge in [-0.25, -0.2) is 8.42 Å². The number of hydrogen-bond acceptors (Lipinski definition) is 4. The summed E-state index contributed by atoms with van der Waals surface area (Å²) in [4.78, 5) is 0. The molecule has 5 nitrogen and oxygen atoms in total. The molecular weight excluding hydrogens is 298 g/mol. The molecule has 0 radical (unpaired) electrons. The number of hydrogen-bond donors (Lipinski definition) is 0.